The quantitative estimate of drug-likeness (QED) is 0.257. The second-order valence-electron chi connectivity index (χ2n) is 2.72. The summed E-state index contributed by atoms with van der Waals surface area (Å²) in [6.07, 6.45) is 2.05. The van der Waals surface area contributed by atoms with Gasteiger partial charge in [0.15, 0.2) is 0 Å². The van der Waals surface area contributed by atoms with Crippen LogP contribution >= 0.6 is 0 Å². The molecule has 13 heavy (non-hydrogen) atoms. The van der Waals surface area contributed by atoms with E-state index in [0.29, 0.717) is 19.4 Å². The van der Waals surface area contributed by atoms with Crippen molar-refractivity contribution >= 4 is 15.6 Å². The highest BCUT2D eigenvalue weighted by Gasteiger charge is 2.24. The van der Waals surface area contributed by atoms with E-state index in [1.54, 1.807) is 0 Å². The van der Waals surface area contributed by atoms with Crippen LogP contribution in [0.4, 0.5) is 0 Å². The Kier molecular flexibility index (Phi) is 6.71. The zero-order chi connectivity index (χ0) is 10.2. The van der Waals surface area contributed by atoms with Gasteiger partial charge in [0.2, 0.25) is 6.08 Å². The van der Waals surface area contributed by atoms with Gasteiger partial charge in [-0.1, -0.05) is 0 Å². The molecule has 0 saturated carbocycles. The van der Waals surface area contributed by atoms with Gasteiger partial charge in [-0.05, 0) is 20.8 Å². The number of carbonyl (C=O) groups excluding carboxylic acids is 1. The van der Waals surface area contributed by atoms with Crippen LogP contribution in [-0.4, -0.2) is 40.4 Å². The molecular weight excluding hydrogens is 186 g/mol. The molecule has 76 valence electrons. The highest BCUT2D eigenvalue weighted by atomic mass is 28.2. The van der Waals surface area contributed by atoms with E-state index in [9.17, 15) is 4.79 Å². The molecule has 0 spiro atoms. The Morgan fingerprint density at radius 3 is 2.31 bits per heavy atom. The van der Waals surface area contributed by atoms with Crippen molar-refractivity contribution in [3.05, 3.63) is 0 Å². The van der Waals surface area contributed by atoms with E-state index in [1.165, 1.54) is 6.08 Å². The van der Waals surface area contributed by atoms with Crippen LogP contribution < -0.4 is 0 Å². The monoisotopic (exact) mass is 203 g/mol. The summed E-state index contributed by atoms with van der Waals surface area (Å²) < 4.78 is 10.9. The first kappa shape index (κ1) is 12.5. The van der Waals surface area contributed by atoms with Gasteiger partial charge in [0.25, 0.3) is 0 Å². The van der Waals surface area contributed by atoms with Crippen LogP contribution in [0.5, 0.6) is 0 Å². The van der Waals surface area contributed by atoms with Crippen molar-refractivity contribution in [3.8, 4) is 0 Å². The lowest BCUT2D eigenvalue weighted by Crippen LogP contribution is -2.40. The number of ether oxygens (including phenoxy) is 2. The minimum absolute atomic E-state index is 0.482. The standard InChI is InChI=1S/C8H17NO3Si/c1-4-11-8(3,12-5-2)13-7-9-6-10/h4-5,7,13H2,1-3H3. The Bertz CT molecular complexity index is 174. The van der Waals surface area contributed by atoms with Gasteiger partial charge in [0.05, 0.1) is 0 Å². The largest absolute Gasteiger partial charge is 0.355 e. The fourth-order valence-corrected chi connectivity index (χ4v) is 2.41. The van der Waals surface area contributed by atoms with E-state index in [-0.39, 0.29) is 0 Å². The third-order valence-electron chi connectivity index (χ3n) is 1.64. The summed E-state index contributed by atoms with van der Waals surface area (Å²) in [5.41, 5.74) is -0.482. The van der Waals surface area contributed by atoms with E-state index in [0.717, 1.165) is 0 Å². The van der Waals surface area contributed by atoms with Crippen molar-refractivity contribution in [2.24, 2.45) is 4.99 Å². The molecule has 0 aromatic heterocycles. The van der Waals surface area contributed by atoms with Crippen molar-refractivity contribution < 1.29 is 14.3 Å². The summed E-state index contributed by atoms with van der Waals surface area (Å²) in [7, 11) is -0.678. The van der Waals surface area contributed by atoms with Crippen LogP contribution in [0.3, 0.4) is 0 Å². The molecule has 0 N–H and O–H groups in total. The summed E-state index contributed by atoms with van der Waals surface area (Å²) >= 11 is 0. The first-order valence-corrected chi connectivity index (χ1v) is 6.20. The molecular formula is C8H17NO3Si. The molecule has 0 radical (unpaired) electrons. The molecule has 0 aliphatic heterocycles. The van der Waals surface area contributed by atoms with Crippen LogP contribution in [0.15, 0.2) is 4.99 Å². The van der Waals surface area contributed by atoms with Crippen LogP contribution in [0, 0.1) is 0 Å². The third-order valence-corrected chi connectivity index (χ3v) is 3.41. The molecule has 0 atom stereocenters. The summed E-state index contributed by atoms with van der Waals surface area (Å²) in [4.78, 5) is 13.4. The highest BCUT2D eigenvalue weighted by molar-refractivity contribution is 6.39. The Balaban J connectivity index is 3.97. The fourth-order valence-electron chi connectivity index (χ4n) is 1.10. The zero-order valence-electron chi connectivity index (χ0n) is 8.50. The SMILES string of the molecule is CCOC(C)(OCC)[SiH2]CN=C=O. The predicted molar refractivity (Wildman–Crippen MR) is 53.2 cm³/mol. The molecule has 0 rings (SSSR count). The van der Waals surface area contributed by atoms with Crippen LogP contribution in [0.2, 0.25) is 0 Å². The number of nitrogens with zero attached hydrogens (tertiary/aromatic N) is 1. The van der Waals surface area contributed by atoms with Crippen LogP contribution in [0.1, 0.15) is 20.8 Å². The van der Waals surface area contributed by atoms with Crippen molar-refractivity contribution in [1.82, 2.24) is 0 Å². The number of isocyanates is 1. The first-order valence-electron chi connectivity index (χ1n) is 4.50. The molecule has 0 amide bonds. The number of hydrogen-bond acceptors (Lipinski definition) is 4. The molecule has 0 unspecified atom stereocenters. The molecule has 0 aromatic rings. The van der Waals surface area contributed by atoms with Gasteiger partial charge in [-0.2, -0.15) is 0 Å². The van der Waals surface area contributed by atoms with Gasteiger partial charge < -0.3 is 9.47 Å². The third kappa shape index (κ3) is 5.71. The van der Waals surface area contributed by atoms with Crippen molar-refractivity contribution in [2.45, 2.75) is 26.2 Å². The fraction of sp³-hybridized carbons (Fsp3) is 0.875. The second kappa shape index (κ2) is 6.97. The van der Waals surface area contributed by atoms with Crippen molar-refractivity contribution in [2.75, 3.05) is 19.4 Å². The molecule has 0 aliphatic rings. The maximum atomic E-state index is 9.86. The van der Waals surface area contributed by atoms with E-state index in [1.807, 2.05) is 20.8 Å². The lowest BCUT2D eigenvalue weighted by molar-refractivity contribution is -0.162. The van der Waals surface area contributed by atoms with Crippen molar-refractivity contribution in [1.29, 1.82) is 0 Å². The number of hydrogen-bond donors (Lipinski definition) is 0. The Labute approximate surface area is 81.2 Å². The molecule has 0 aliphatic carbocycles. The molecule has 0 bridgehead atoms. The molecule has 0 saturated heterocycles. The summed E-state index contributed by atoms with van der Waals surface area (Å²) in [5.74, 6) is 0. The highest BCUT2D eigenvalue weighted by Crippen LogP contribution is 2.10. The van der Waals surface area contributed by atoms with E-state index < -0.39 is 14.9 Å². The molecule has 5 heteroatoms. The normalized spacial score (nSPS) is 11.9. The smallest absolute Gasteiger partial charge is 0.234 e. The maximum absolute atomic E-state index is 9.86. The Morgan fingerprint density at radius 2 is 1.92 bits per heavy atom. The number of rotatable bonds is 7. The number of aliphatic imine (C=N–C) groups is 1. The van der Waals surface area contributed by atoms with Gasteiger partial charge >= 0.3 is 0 Å². The van der Waals surface area contributed by atoms with Crippen molar-refractivity contribution in [3.63, 3.8) is 0 Å². The lowest BCUT2D eigenvalue weighted by atomic mass is 10.7. The van der Waals surface area contributed by atoms with Crippen LogP contribution in [-0.2, 0) is 14.3 Å². The lowest BCUT2D eigenvalue weighted by Gasteiger charge is -2.28. The predicted octanol–water partition coefficient (Wildman–Crippen LogP) is 0.195. The zero-order valence-corrected chi connectivity index (χ0v) is 9.91. The van der Waals surface area contributed by atoms with Gasteiger partial charge in [-0.15, -0.1) is 0 Å². The minimum atomic E-state index is -0.678. The van der Waals surface area contributed by atoms with Crippen LogP contribution in [0.25, 0.3) is 0 Å². The summed E-state index contributed by atoms with van der Waals surface area (Å²) in [5, 5.41) is 0. The first-order chi connectivity index (χ1) is 6.18. The molecule has 4 nitrogen and oxygen atoms in total. The minimum Gasteiger partial charge on any atom is -0.355 e. The average molecular weight is 203 g/mol. The Hall–Kier alpha value is -0.483. The second-order valence-corrected chi connectivity index (χ2v) is 4.95. The topological polar surface area (TPSA) is 47.9 Å². The summed E-state index contributed by atoms with van der Waals surface area (Å²) in [6, 6.07) is 0. The van der Waals surface area contributed by atoms with E-state index in [2.05, 4.69) is 4.99 Å². The van der Waals surface area contributed by atoms with E-state index in [4.69, 9.17) is 9.47 Å². The van der Waals surface area contributed by atoms with Gasteiger partial charge in [-0.25, -0.2) is 9.79 Å². The summed E-state index contributed by atoms with van der Waals surface area (Å²) in [6.45, 7) is 7.00. The van der Waals surface area contributed by atoms with E-state index >= 15 is 0 Å². The Morgan fingerprint density at radius 1 is 1.38 bits per heavy atom. The van der Waals surface area contributed by atoms with Gasteiger partial charge in [0, 0.05) is 19.4 Å². The molecule has 0 heterocycles. The van der Waals surface area contributed by atoms with Gasteiger partial charge in [0.1, 0.15) is 14.9 Å². The molecule has 0 fully saturated rings. The van der Waals surface area contributed by atoms with Gasteiger partial charge in [-0.3, -0.25) is 0 Å². The maximum Gasteiger partial charge on any atom is 0.234 e. The average Bonchev–Trinajstić information content (AvgIpc) is 2.05. The molecule has 0 aromatic carbocycles.